The molecule has 1 aromatic rings. The van der Waals surface area contributed by atoms with Gasteiger partial charge >= 0.3 is 0 Å². The number of nitrogens with two attached hydrogens (primary N) is 1. The standard InChI is InChI=1S/C9H13BN2O/c1-6-7(11)3-2-4-8(6)12-9(13)5-10/h2-4H,5,10-11H2,1H3,(H,12,13). The fraction of sp³-hybridized carbons (Fsp3) is 0.222. The maximum atomic E-state index is 11.1. The second-order valence-electron chi connectivity index (χ2n) is 2.92. The number of carbonyl (C=O) groups excluding carboxylic acids is 1. The Labute approximate surface area is 78.7 Å². The molecule has 1 rings (SSSR count). The van der Waals surface area contributed by atoms with E-state index in [1.807, 2.05) is 33.0 Å². The number of anilines is 2. The first-order valence-electron chi connectivity index (χ1n) is 4.30. The molecule has 0 aliphatic rings. The highest BCUT2D eigenvalue weighted by Crippen LogP contribution is 2.20. The molecule has 68 valence electrons. The third-order valence-corrected chi connectivity index (χ3v) is 1.97. The van der Waals surface area contributed by atoms with Gasteiger partial charge in [0.25, 0.3) is 0 Å². The van der Waals surface area contributed by atoms with Crippen LogP contribution < -0.4 is 11.1 Å². The van der Waals surface area contributed by atoms with Crippen LogP contribution in [0.4, 0.5) is 11.4 Å². The van der Waals surface area contributed by atoms with Gasteiger partial charge < -0.3 is 11.1 Å². The summed E-state index contributed by atoms with van der Waals surface area (Å²) in [6, 6.07) is 5.49. The first-order valence-corrected chi connectivity index (χ1v) is 4.30. The molecule has 3 nitrogen and oxygen atoms in total. The minimum Gasteiger partial charge on any atom is -0.398 e. The average molecular weight is 176 g/mol. The SMILES string of the molecule is BCC(=O)Nc1cccc(N)c1C. The fourth-order valence-corrected chi connectivity index (χ4v) is 1.03. The van der Waals surface area contributed by atoms with Gasteiger partial charge in [-0.25, -0.2) is 0 Å². The molecule has 13 heavy (non-hydrogen) atoms. The Bertz CT molecular complexity index is 325. The van der Waals surface area contributed by atoms with Gasteiger partial charge in [0, 0.05) is 11.4 Å². The molecule has 0 aliphatic heterocycles. The van der Waals surface area contributed by atoms with Crippen LogP contribution in [0.25, 0.3) is 0 Å². The monoisotopic (exact) mass is 176 g/mol. The molecular weight excluding hydrogens is 163 g/mol. The molecule has 3 N–H and O–H groups in total. The molecular formula is C9H13BN2O. The van der Waals surface area contributed by atoms with Gasteiger partial charge in [0.15, 0.2) is 0 Å². The van der Waals surface area contributed by atoms with E-state index in [9.17, 15) is 4.79 Å². The van der Waals surface area contributed by atoms with Crippen molar-refractivity contribution in [3.8, 4) is 0 Å². The lowest BCUT2D eigenvalue weighted by molar-refractivity contribution is -0.114. The summed E-state index contributed by atoms with van der Waals surface area (Å²) in [5, 5.41) is 2.78. The number of rotatable bonds is 2. The van der Waals surface area contributed by atoms with Crippen molar-refractivity contribution in [2.45, 2.75) is 13.2 Å². The smallest absolute Gasteiger partial charge is 0.216 e. The zero-order valence-electron chi connectivity index (χ0n) is 7.92. The number of hydrogen-bond acceptors (Lipinski definition) is 2. The van der Waals surface area contributed by atoms with E-state index in [1.165, 1.54) is 0 Å². The minimum absolute atomic E-state index is 0.00806. The van der Waals surface area contributed by atoms with Crippen LogP contribution in [0.15, 0.2) is 18.2 Å². The number of nitrogen functional groups attached to an aromatic ring is 1. The largest absolute Gasteiger partial charge is 0.398 e. The molecule has 1 aromatic carbocycles. The molecule has 0 spiro atoms. The van der Waals surface area contributed by atoms with E-state index in [0.29, 0.717) is 12.0 Å². The highest BCUT2D eigenvalue weighted by Gasteiger charge is 2.03. The highest BCUT2D eigenvalue weighted by atomic mass is 16.1. The summed E-state index contributed by atoms with van der Waals surface area (Å²) in [6.45, 7) is 1.89. The summed E-state index contributed by atoms with van der Waals surface area (Å²) in [7, 11) is 1.82. The van der Waals surface area contributed by atoms with Crippen LogP contribution in [0.2, 0.25) is 6.32 Å². The summed E-state index contributed by atoms with van der Waals surface area (Å²) in [5.74, 6) is 0.00806. The Morgan fingerprint density at radius 3 is 2.92 bits per heavy atom. The number of nitrogens with one attached hydrogen (secondary N) is 1. The first kappa shape index (κ1) is 9.64. The molecule has 1 amide bonds. The topological polar surface area (TPSA) is 55.1 Å². The summed E-state index contributed by atoms with van der Waals surface area (Å²) in [4.78, 5) is 11.1. The molecule has 0 aliphatic carbocycles. The molecule has 0 atom stereocenters. The molecule has 0 fully saturated rings. The summed E-state index contributed by atoms with van der Waals surface area (Å²) >= 11 is 0. The van der Waals surface area contributed by atoms with Crippen LogP contribution in [0, 0.1) is 6.92 Å². The number of benzene rings is 1. The summed E-state index contributed by atoms with van der Waals surface area (Å²) in [5.41, 5.74) is 8.11. The van der Waals surface area contributed by atoms with Crippen molar-refractivity contribution in [2.75, 3.05) is 11.1 Å². The number of amides is 1. The predicted molar refractivity (Wildman–Crippen MR) is 57.6 cm³/mol. The van der Waals surface area contributed by atoms with Crippen LogP contribution in [0.3, 0.4) is 0 Å². The predicted octanol–water partition coefficient (Wildman–Crippen LogP) is 0.567. The van der Waals surface area contributed by atoms with Gasteiger partial charge in [0.2, 0.25) is 5.91 Å². The molecule has 0 saturated heterocycles. The van der Waals surface area contributed by atoms with E-state index in [4.69, 9.17) is 5.73 Å². The molecule has 0 aromatic heterocycles. The third kappa shape index (κ3) is 2.24. The normalized spacial score (nSPS) is 9.62. The van der Waals surface area contributed by atoms with Gasteiger partial charge in [-0.3, -0.25) is 4.79 Å². The van der Waals surface area contributed by atoms with Gasteiger partial charge in [-0.2, -0.15) is 0 Å². The first-order chi connectivity index (χ1) is 6.15. The Kier molecular flexibility index (Phi) is 2.95. The number of carbonyl (C=O) groups is 1. The fourth-order valence-electron chi connectivity index (χ4n) is 1.03. The molecule has 0 unspecified atom stereocenters. The van der Waals surface area contributed by atoms with Gasteiger partial charge in [0.1, 0.15) is 7.85 Å². The third-order valence-electron chi connectivity index (χ3n) is 1.97. The second-order valence-corrected chi connectivity index (χ2v) is 2.92. The van der Waals surface area contributed by atoms with Crippen molar-refractivity contribution in [1.82, 2.24) is 0 Å². The lowest BCUT2D eigenvalue weighted by Crippen LogP contribution is -2.11. The van der Waals surface area contributed by atoms with Crippen LogP contribution in [0.1, 0.15) is 5.56 Å². The van der Waals surface area contributed by atoms with E-state index in [-0.39, 0.29) is 5.91 Å². The van der Waals surface area contributed by atoms with E-state index in [0.717, 1.165) is 11.3 Å². The molecule has 0 saturated carbocycles. The van der Waals surface area contributed by atoms with Crippen molar-refractivity contribution >= 4 is 25.1 Å². The summed E-state index contributed by atoms with van der Waals surface area (Å²) in [6.07, 6.45) is 0.480. The van der Waals surface area contributed by atoms with Crippen molar-refractivity contribution in [3.05, 3.63) is 23.8 Å². The zero-order chi connectivity index (χ0) is 9.84. The van der Waals surface area contributed by atoms with Crippen LogP contribution >= 0.6 is 0 Å². The molecule has 0 heterocycles. The second kappa shape index (κ2) is 3.98. The molecule has 4 heteroatoms. The van der Waals surface area contributed by atoms with Gasteiger partial charge in [-0.1, -0.05) is 6.07 Å². The van der Waals surface area contributed by atoms with Gasteiger partial charge in [0.05, 0.1) is 0 Å². The number of hydrogen-bond donors (Lipinski definition) is 2. The Morgan fingerprint density at radius 2 is 2.31 bits per heavy atom. The van der Waals surface area contributed by atoms with E-state index < -0.39 is 0 Å². The Balaban J connectivity index is 2.89. The lowest BCUT2D eigenvalue weighted by atomic mass is 10.0. The van der Waals surface area contributed by atoms with Crippen molar-refractivity contribution in [2.24, 2.45) is 0 Å². The van der Waals surface area contributed by atoms with Crippen molar-refractivity contribution < 1.29 is 4.79 Å². The van der Waals surface area contributed by atoms with E-state index in [2.05, 4.69) is 5.32 Å². The molecule has 0 bridgehead atoms. The summed E-state index contributed by atoms with van der Waals surface area (Å²) < 4.78 is 0. The lowest BCUT2D eigenvalue weighted by Gasteiger charge is -2.08. The van der Waals surface area contributed by atoms with E-state index >= 15 is 0 Å². The maximum absolute atomic E-state index is 11.1. The maximum Gasteiger partial charge on any atom is 0.216 e. The van der Waals surface area contributed by atoms with Crippen molar-refractivity contribution in [1.29, 1.82) is 0 Å². The Hall–Kier alpha value is -1.45. The Morgan fingerprint density at radius 1 is 1.62 bits per heavy atom. The zero-order valence-corrected chi connectivity index (χ0v) is 7.92. The van der Waals surface area contributed by atoms with Gasteiger partial charge in [-0.15, -0.1) is 0 Å². The highest BCUT2D eigenvalue weighted by molar-refractivity contribution is 6.22. The minimum atomic E-state index is 0.00806. The molecule has 0 radical (unpaired) electrons. The van der Waals surface area contributed by atoms with Crippen LogP contribution in [-0.4, -0.2) is 13.8 Å². The quantitative estimate of drug-likeness (QED) is 0.511. The van der Waals surface area contributed by atoms with Crippen LogP contribution in [0.5, 0.6) is 0 Å². The van der Waals surface area contributed by atoms with Crippen LogP contribution in [-0.2, 0) is 4.79 Å². The van der Waals surface area contributed by atoms with Crippen molar-refractivity contribution in [3.63, 3.8) is 0 Å². The van der Waals surface area contributed by atoms with Gasteiger partial charge in [-0.05, 0) is 30.9 Å². The average Bonchev–Trinajstić information content (AvgIpc) is 2.13. The van der Waals surface area contributed by atoms with E-state index in [1.54, 1.807) is 0 Å².